The molecule has 1 unspecified atom stereocenters. The molecule has 0 bridgehead atoms. The molecule has 4 rings (SSSR count). The molecule has 11 heteroatoms. The van der Waals surface area contributed by atoms with E-state index in [4.69, 9.17) is 21.2 Å². The Hall–Kier alpha value is -3.40. The number of hydrogen-bond donors (Lipinski definition) is 1. The SMILES string of the molecule is Cc1cc(CC(C)C(=O)O)ccc1-c1noc(-c2cn3cc(C(F)(F)F)cc(Cl)c3n2)n1. The highest BCUT2D eigenvalue weighted by Gasteiger charge is 2.32. The van der Waals surface area contributed by atoms with Crippen molar-refractivity contribution in [2.24, 2.45) is 5.92 Å². The van der Waals surface area contributed by atoms with Crippen LogP contribution in [-0.2, 0) is 17.4 Å². The summed E-state index contributed by atoms with van der Waals surface area (Å²) in [6.07, 6.45) is -1.95. The number of pyridine rings is 1. The Morgan fingerprint density at radius 3 is 2.66 bits per heavy atom. The maximum Gasteiger partial charge on any atom is 0.417 e. The number of alkyl halides is 3. The minimum absolute atomic E-state index is 0.0244. The van der Waals surface area contributed by atoms with Crippen LogP contribution in [0, 0.1) is 12.8 Å². The molecule has 4 aromatic rings. The Labute approximate surface area is 184 Å². The van der Waals surface area contributed by atoms with E-state index in [-0.39, 0.29) is 28.1 Å². The van der Waals surface area contributed by atoms with Gasteiger partial charge in [-0.25, -0.2) is 4.98 Å². The summed E-state index contributed by atoms with van der Waals surface area (Å²) in [5, 5.41) is 12.9. The highest BCUT2D eigenvalue weighted by molar-refractivity contribution is 6.33. The van der Waals surface area contributed by atoms with Gasteiger partial charge in [-0.2, -0.15) is 18.2 Å². The van der Waals surface area contributed by atoms with Gasteiger partial charge in [0.05, 0.1) is 16.5 Å². The zero-order valence-corrected chi connectivity index (χ0v) is 17.6. The van der Waals surface area contributed by atoms with Crippen LogP contribution in [0.5, 0.6) is 0 Å². The lowest BCUT2D eigenvalue weighted by atomic mass is 9.97. The van der Waals surface area contributed by atoms with E-state index in [9.17, 15) is 18.0 Å². The highest BCUT2D eigenvalue weighted by atomic mass is 35.5. The van der Waals surface area contributed by atoms with E-state index in [0.717, 1.165) is 27.8 Å². The maximum atomic E-state index is 13.0. The van der Waals surface area contributed by atoms with Gasteiger partial charge < -0.3 is 14.0 Å². The van der Waals surface area contributed by atoms with Crippen LogP contribution in [-0.4, -0.2) is 30.6 Å². The van der Waals surface area contributed by atoms with E-state index >= 15 is 0 Å². The van der Waals surface area contributed by atoms with E-state index in [2.05, 4.69) is 15.1 Å². The molecule has 0 radical (unpaired) electrons. The van der Waals surface area contributed by atoms with Gasteiger partial charge >= 0.3 is 12.1 Å². The second-order valence-corrected chi connectivity index (χ2v) is 7.85. The first-order valence-corrected chi connectivity index (χ1v) is 9.83. The first-order valence-electron chi connectivity index (χ1n) is 9.45. The van der Waals surface area contributed by atoms with E-state index in [1.165, 1.54) is 6.20 Å². The number of fused-ring (bicyclic) bond motifs is 1. The molecule has 0 saturated heterocycles. The van der Waals surface area contributed by atoms with Crippen LogP contribution in [0.2, 0.25) is 5.02 Å². The molecule has 1 atom stereocenters. The van der Waals surface area contributed by atoms with Crippen LogP contribution < -0.4 is 0 Å². The smallest absolute Gasteiger partial charge is 0.417 e. The van der Waals surface area contributed by atoms with Crippen molar-refractivity contribution in [2.45, 2.75) is 26.4 Å². The Morgan fingerprint density at radius 2 is 2.00 bits per heavy atom. The van der Waals surface area contributed by atoms with Crippen molar-refractivity contribution in [3.05, 3.63) is 58.4 Å². The van der Waals surface area contributed by atoms with Crippen LogP contribution in [0.25, 0.3) is 28.6 Å². The van der Waals surface area contributed by atoms with Crippen LogP contribution >= 0.6 is 11.6 Å². The van der Waals surface area contributed by atoms with Gasteiger partial charge in [0.25, 0.3) is 5.89 Å². The van der Waals surface area contributed by atoms with Gasteiger partial charge in [-0.05, 0) is 30.5 Å². The molecule has 0 aliphatic heterocycles. The molecule has 0 aliphatic rings. The second-order valence-electron chi connectivity index (χ2n) is 7.45. The standard InChI is InChI=1S/C21H16ClF3N4O3/c1-10-5-12(6-11(2)20(30)31)3-4-14(10)17-27-19(32-28-17)16-9-29-8-13(21(23,24)25)7-15(22)18(29)26-16/h3-5,7-9,11H,6H2,1-2H3,(H,30,31). The fourth-order valence-corrected chi connectivity index (χ4v) is 3.55. The van der Waals surface area contributed by atoms with Gasteiger partial charge in [0.1, 0.15) is 5.69 Å². The van der Waals surface area contributed by atoms with Gasteiger partial charge in [-0.1, -0.05) is 41.9 Å². The van der Waals surface area contributed by atoms with Gasteiger partial charge in [0.15, 0.2) is 5.65 Å². The minimum atomic E-state index is -4.55. The van der Waals surface area contributed by atoms with Crippen LogP contribution in [0.15, 0.2) is 41.2 Å². The Balaban J connectivity index is 1.65. The van der Waals surface area contributed by atoms with Crippen molar-refractivity contribution in [3.8, 4) is 23.0 Å². The van der Waals surface area contributed by atoms with Crippen LogP contribution in [0.3, 0.4) is 0 Å². The van der Waals surface area contributed by atoms with Crippen molar-refractivity contribution in [1.29, 1.82) is 0 Å². The monoisotopic (exact) mass is 464 g/mol. The third kappa shape index (κ3) is 4.18. The Bertz CT molecular complexity index is 1330. The normalized spacial score (nSPS) is 12.9. The molecule has 0 aliphatic carbocycles. The molecule has 3 heterocycles. The Kier molecular flexibility index (Phi) is 5.41. The number of aliphatic carboxylic acids is 1. The van der Waals surface area contributed by atoms with Gasteiger partial charge in [-0.3, -0.25) is 4.79 Å². The lowest BCUT2D eigenvalue weighted by molar-refractivity contribution is -0.141. The van der Waals surface area contributed by atoms with E-state index < -0.39 is 23.6 Å². The molecule has 0 fully saturated rings. The molecule has 166 valence electrons. The number of carboxylic acid groups (broad SMARTS) is 1. The summed E-state index contributed by atoms with van der Waals surface area (Å²) in [6, 6.07) is 6.22. The van der Waals surface area contributed by atoms with Gasteiger partial charge in [0.2, 0.25) is 5.82 Å². The van der Waals surface area contributed by atoms with Gasteiger partial charge in [-0.15, -0.1) is 0 Å². The number of imidazole rings is 1. The zero-order valence-electron chi connectivity index (χ0n) is 16.8. The number of halogens is 4. The quantitative estimate of drug-likeness (QED) is 0.431. The summed E-state index contributed by atoms with van der Waals surface area (Å²) in [4.78, 5) is 19.6. The summed E-state index contributed by atoms with van der Waals surface area (Å²) in [5.74, 6) is -1.09. The second kappa shape index (κ2) is 7.94. The maximum absolute atomic E-state index is 13.0. The fourth-order valence-electron chi connectivity index (χ4n) is 3.30. The fraction of sp³-hybridized carbons (Fsp3) is 0.238. The molecule has 3 aromatic heterocycles. The largest absolute Gasteiger partial charge is 0.481 e. The molecular formula is C21H16ClF3N4O3. The van der Waals surface area contributed by atoms with Crippen molar-refractivity contribution in [2.75, 3.05) is 0 Å². The summed E-state index contributed by atoms with van der Waals surface area (Å²) < 4.78 is 45.5. The number of benzene rings is 1. The number of carbonyl (C=O) groups is 1. The molecule has 0 spiro atoms. The van der Waals surface area contributed by atoms with Crippen LogP contribution in [0.1, 0.15) is 23.6 Å². The van der Waals surface area contributed by atoms with E-state index in [1.54, 1.807) is 19.1 Å². The topological polar surface area (TPSA) is 93.5 Å². The van der Waals surface area contributed by atoms with Crippen LogP contribution in [0.4, 0.5) is 13.2 Å². The van der Waals surface area contributed by atoms with E-state index in [0.29, 0.717) is 12.0 Å². The summed E-state index contributed by atoms with van der Waals surface area (Å²) >= 11 is 5.97. The number of aromatic nitrogens is 4. The molecule has 32 heavy (non-hydrogen) atoms. The first-order chi connectivity index (χ1) is 15.0. The molecule has 1 N–H and O–H groups in total. The zero-order chi connectivity index (χ0) is 23.2. The van der Waals surface area contributed by atoms with Crippen molar-refractivity contribution >= 4 is 23.2 Å². The van der Waals surface area contributed by atoms with Crippen molar-refractivity contribution in [1.82, 2.24) is 19.5 Å². The number of rotatable bonds is 5. The van der Waals surface area contributed by atoms with Gasteiger partial charge in [0, 0.05) is 18.0 Å². The highest BCUT2D eigenvalue weighted by Crippen LogP contribution is 2.33. The minimum Gasteiger partial charge on any atom is -0.481 e. The third-order valence-electron chi connectivity index (χ3n) is 4.97. The molecule has 0 saturated carbocycles. The predicted octanol–water partition coefficient (Wildman–Crippen LogP) is 5.30. The third-order valence-corrected chi connectivity index (χ3v) is 5.25. The number of hydrogen-bond acceptors (Lipinski definition) is 5. The first kappa shape index (κ1) is 21.8. The molecule has 7 nitrogen and oxygen atoms in total. The molecule has 1 aromatic carbocycles. The summed E-state index contributed by atoms with van der Waals surface area (Å²) in [7, 11) is 0. The Morgan fingerprint density at radius 1 is 1.25 bits per heavy atom. The average molecular weight is 465 g/mol. The predicted molar refractivity (Wildman–Crippen MR) is 109 cm³/mol. The lowest BCUT2D eigenvalue weighted by Crippen LogP contribution is -2.12. The summed E-state index contributed by atoms with van der Waals surface area (Å²) in [5.41, 5.74) is 1.75. The summed E-state index contributed by atoms with van der Waals surface area (Å²) in [6.45, 7) is 3.47. The average Bonchev–Trinajstić information content (AvgIpc) is 3.34. The lowest BCUT2D eigenvalue weighted by Gasteiger charge is -2.08. The molecule has 0 amide bonds. The number of nitrogens with zero attached hydrogens (tertiary/aromatic N) is 4. The molecular weight excluding hydrogens is 449 g/mol. The number of aryl methyl sites for hydroxylation is 1. The van der Waals surface area contributed by atoms with Crippen molar-refractivity contribution < 1.29 is 27.6 Å². The number of carboxylic acids is 1. The van der Waals surface area contributed by atoms with Crippen molar-refractivity contribution in [3.63, 3.8) is 0 Å². The van der Waals surface area contributed by atoms with E-state index in [1.807, 2.05) is 13.0 Å².